The van der Waals surface area contributed by atoms with Crippen LogP contribution in [0.4, 0.5) is 0 Å². The largest absolute Gasteiger partial charge is 0.299 e. The molecule has 1 heteroatoms. The zero-order valence-electron chi connectivity index (χ0n) is 9.49. The third-order valence-corrected chi connectivity index (χ3v) is 3.63. The van der Waals surface area contributed by atoms with Gasteiger partial charge in [-0.25, -0.2) is 0 Å². The van der Waals surface area contributed by atoms with Gasteiger partial charge in [0, 0.05) is 12.3 Å². The molecule has 0 aromatic heterocycles. The predicted octanol–water partition coefficient (Wildman–Crippen LogP) is 3.33. The van der Waals surface area contributed by atoms with Gasteiger partial charge in [0.05, 0.1) is 0 Å². The molecule has 2 atom stereocenters. The topological polar surface area (TPSA) is 17.1 Å². The van der Waals surface area contributed by atoms with Crippen molar-refractivity contribution >= 4 is 5.78 Å². The molecule has 0 bridgehead atoms. The maximum atomic E-state index is 11.5. The summed E-state index contributed by atoms with van der Waals surface area (Å²) in [7, 11) is 0. The number of carbonyl (C=O) groups is 1. The van der Waals surface area contributed by atoms with Crippen LogP contribution in [0.1, 0.15) is 43.7 Å². The molecule has 1 fully saturated rings. The Hall–Kier alpha value is -1.11. The van der Waals surface area contributed by atoms with Crippen molar-refractivity contribution in [2.45, 2.75) is 39.0 Å². The van der Waals surface area contributed by atoms with Gasteiger partial charge >= 0.3 is 0 Å². The Kier molecular flexibility index (Phi) is 2.90. The smallest absolute Gasteiger partial charge is 0.136 e. The lowest BCUT2D eigenvalue weighted by Gasteiger charge is -2.14. The number of benzene rings is 1. The molecule has 1 aromatic carbocycles. The van der Waals surface area contributed by atoms with Crippen LogP contribution < -0.4 is 0 Å². The van der Waals surface area contributed by atoms with Gasteiger partial charge in [-0.1, -0.05) is 38.1 Å². The van der Waals surface area contributed by atoms with E-state index >= 15 is 0 Å². The normalized spacial score (nSPS) is 25.9. The first-order valence-corrected chi connectivity index (χ1v) is 5.84. The molecule has 0 saturated heterocycles. The fourth-order valence-corrected chi connectivity index (χ4v) is 2.46. The summed E-state index contributed by atoms with van der Waals surface area (Å²) >= 11 is 0. The van der Waals surface area contributed by atoms with Crippen LogP contribution in [0.2, 0.25) is 0 Å². The van der Waals surface area contributed by atoms with Crippen LogP contribution in [0.3, 0.4) is 0 Å². The van der Waals surface area contributed by atoms with Gasteiger partial charge in [-0.15, -0.1) is 0 Å². The average molecular weight is 202 g/mol. The van der Waals surface area contributed by atoms with Crippen molar-refractivity contribution in [3.05, 3.63) is 35.4 Å². The Balaban J connectivity index is 2.19. The summed E-state index contributed by atoms with van der Waals surface area (Å²) in [5.74, 6) is 1.11. The zero-order chi connectivity index (χ0) is 10.8. The molecule has 1 nitrogen and oxygen atoms in total. The molecule has 15 heavy (non-hydrogen) atoms. The average Bonchev–Trinajstić information content (AvgIpc) is 2.60. The highest BCUT2D eigenvalue weighted by atomic mass is 16.1. The van der Waals surface area contributed by atoms with Crippen molar-refractivity contribution < 1.29 is 4.79 Å². The van der Waals surface area contributed by atoms with E-state index in [9.17, 15) is 4.79 Å². The lowest BCUT2D eigenvalue weighted by molar-refractivity contribution is -0.120. The second-order valence-corrected chi connectivity index (χ2v) is 4.50. The lowest BCUT2D eigenvalue weighted by Crippen LogP contribution is -2.08. The van der Waals surface area contributed by atoms with Crippen molar-refractivity contribution in [1.29, 1.82) is 0 Å². The predicted molar refractivity (Wildman–Crippen MR) is 62.0 cm³/mol. The van der Waals surface area contributed by atoms with E-state index in [0.29, 0.717) is 11.7 Å². The van der Waals surface area contributed by atoms with E-state index < -0.39 is 0 Å². The Morgan fingerprint density at radius 2 is 1.93 bits per heavy atom. The maximum Gasteiger partial charge on any atom is 0.136 e. The molecular formula is C14H18O. The lowest BCUT2D eigenvalue weighted by atomic mass is 9.89. The van der Waals surface area contributed by atoms with Crippen LogP contribution in [0, 0.1) is 5.92 Å². The Morgan fingerprint density at radius 3 is 2.40 bits per heavy atom. The fourth-order valence-electron chi connectivity index (χ4n) is 2.46. The number of ketones is 1. The number of hydrogen-bond acceptors (Lipinski definition) is 1. The summed E-state index contributed by atoms with van der Waals surface area (Å²) in [5.41, 5.74) is 2.71. The van der Waals surface area contributed by atoms with Gasteiger partial charge in [-0.3, -0.25) is 4.79 Å². The highest BCUT2D eigenvalue weighted by Gasteiger charge is 2.31. The quantitative estimate of drug-likeness (QED) is 0.719. The van der Waals surface area contributed by atoms with Gasteiger partial charge in [0.25, 0.3) is 0 Å². The summed E-state index contributed by atoms with van der Waals surface area (Å²) in [5, 5.41) is 0. The molecule has 1 aliphatic carbocycles. The van der Waals surface area contributed by atoms with Crippen LogP contribution in [-0.4, -0.2) is 5.78 Å². The number of rotatable bonds is 2. The molecule has 80 valence electrons. The zero-order valence-corrected chi connectivity index (χ0v) is 9.49. The summed E-state index contributed by atoms with van der Waals surface area (Å²) in [6, 6.07) is 8.76. The first-order chi connectivity index (χ1) is 7.22. The molecule has 1 aliphatic rings. The molecule has 0 aliphatic heterocycles. The van der Waals surface area contributed by atoms with Crippen LogP contribution >= 0.6 is 0 Å². The monoisotopic (exact) mass is 202 g/mol. The molecule has 0 heterocycles. The van der Waals surface area contributed by atoms with E-state index in [2.05, 4.69) is 38.1 Å². The Morgan fingerprint density at radius 1 is 1.27 bits per heavy atom. The van der Waals surface area contributed by atoms with E-state index in [-0.39, 0.29) is 5.92 Å². The molecule has 1 aromatic rings. The summed E-state index contributed by atoms with van der Waals surface area (Å²) in [6.45, 7) is 4.23. The maximum absolute atomic E-state index is 11.5. The summed E-state index contributed by atoms with van der Waals surface area (Å²) < 4.78 is 0. The van der Waals surface area contributed by atoms with Crippen LogP contribution in [0.25, 0.3) is 0 Å². The van der Waals surface area contributed by atoms with Crippen molar-refractivity contribution in [3.63, 3.8) is 0 Å². The van der Waals surface area contributed by atoms with Crippen LogP contribution in [0.5, 0.6) is 0 Å². The molecule has 2 unspecified atom stereocenters. The Labute approximate surface area is 91.5 Å². The standard InChI is InChI=1S/C14H18O/c1-3-11-4-6-12(7-5-11)13-8-9-14(15)10(13)2/h4-7,10,13H,3,8-9H2,1-2H3. The second kappa shape index (κ2) is 4.18. The van der Waals surface area contributed by atoms with Gasteiger partial charge in [0.15, 0.2) is 0 Å². The molecule has 0 spiro atoms. The molecule has 2 rings (SSSR count). The van der Waals surface area contributed by atoms with Gasteiger partial charge < -0.3 is 0 Å². The van der Waals surface area contributed by atoms with Gasteiger partial charge in [0.1, 0.15) is 5.78 Å². The van der Waals surface area contributed by atoms with Crippen LogP contribution in [0.15, 0.2) is 24.3 Å². The number of carbonyl (C=O) groups excluding carboxylic acids is 1. The Bertz CT molecular complexity index is 350. The van der Waals surface area contributed by atoms with Crippen LogP contribution in [-0.2, 0) is 11.2 Å². The molecular weight excluding hydrogens is 184 g/mol. The minimum absolute atomic E-state index is 0.220. The number of aryl methyl sites for hydroxylation is 1. The second-order valence-electron chi connectivity index (χ2n) is 4.50. The molecule has 0 amide bonds. The van der Waals surface area contributed by atoms with Crippen molar-refractivity contribution in [2.24, 2.45) is 5.92 Å². The molecule has 1 saturated carbocycles. The minimum Gasteiger partial charge on any atom is -0.299 e. The summed E-state index contributed by atoms with van der Waals surface area (Å²) in [6.07, 6.45) is 2.88. The summed E-state index contributed by atoms with van der Waals surface area (Å²) in [4.78, 5) is 11.5. The van der Waals surface area contributed by atoms with Gasteiger partial charge in [-0.2, -0.15) is 0 Å². The number of hydrogen-bond donors (Lipinski definition) is 0. The fraction of sp³-hybridized carbons (Fsp3) is 0.500. The minimum atomic E-state index is 0.220. The first kappa shape index (κ1) is 10.4. The third-order valence-electron chi connectivity index (χ3n) is 3.63. The highest BCUT2D eigenvalue weighted by Crippen LogP contribution is 2.36. The van der Waals surface area contributed by atoms with E-state index in [1.165, 1.54) is 11.1 Å². The molecule has 0 N–H and O–H groups in total. The van der Waals surface area contributed by atoms with Gasteiger partial charge in [0.2, 0.25) is 0 Å². The van der Waals surface area contributed by atoms with E-state index in [1.54, 1.807) is 0 Å². The third kappa shape index (κ3) is 1.97. The molecule has 0 radical (unpaired) electrons. The van der Waals surface area contributed by atoms with Crippen molar-refractivity contribution in [3.8, 4) is 0 Å². The van der Waals surface area contributed by atoms with Crippen molar-refractivity contribution in [1.82, 2.24) is 0 Å². The number of Topliss-reactive ketones (excluding diaryl/α,β-unsaturated/α-hetero) is 1. The first-order valence-electron chi connectivity index (χ1n) is 5.84. The van der Waals surface area contributed by atoms with E-state index in [0.717, 1.165) is 19.3 Å². The SMILES string of the molecule is CCc1ccc(C2CCC(=O)C2C)cc1. The van der Waals surface area contributed by atoms with E-state index in [4.69, 9.17) is 0 Å². The van der Waals surface area contributed by atoms with Crippen molar-refractivity contribution in [2.75, 3.05) is 0 Å². The van der Waals surface area contributed by atoms with Gasteiger partial charge in [-0.05, 0) is 29.9 Å². The highest BCUT2D eigenvalue weighted by molar-refractivity contribution is 5.84. The van der Waals surface area contributed by atoms with E-state index in [1.807, 2.05) is 0 Å².